The predicted octanol–water partition coefficient (Wildman–Crippen LogP) is 2.83. The monoisotopic (exact) mass is 565 g/mol. The van der Waals surface area contributed by atoms with Gasteiger partial charge in [0, 0.05) is 39.6 Å². The summed E-state index contributed by atoms with van der Waals surface area (Å²) in [6.45, 7) is 1.25. The molecule has 2 saturated heterocycles. The zero-order valence-electron chi connectivity index (χ0n) is 23.7. The van der Waals surface area contributed by atoms with E-state index >= 15 is 0 Å². The molecule has 12 nitrogen and oxygen atoms in total. The highest BCUT2D eigenvalue weighted by molar-refractivity contribution is 6.01. The van der Waals surface area contributed by atoms with Gasteiger partial charge in [-0.3, -0.25) is 23.6 Å². The van der Waals surface area contributed by atoms with Crippen molar-refractivity contribution in [3.05, 3.63) is 52.4 Å². The molecule has 0 bridgehead atoms. The van der Waals surface area contributed by atoms with Crippen LogP contribution in [0.25, 0.3) is 11.0 Å². The second kappa shape index (κ2) is 11.2. The van der Waals surface area contributed by atoms with Gasteiger partial charge < -0.3 is 24.4 Å². The first kappa shape index (κ1) is 28.1. The van der Waals surface area contributed by atoms with E-state index in [1.807, 2.05) is 12.1 Å². The Morgan fingerprint density at radius 1 is 1.00 bits per heavy atom. The third-order valence-electron chi connectivity index (χ3n) is 8.33. The largest absolute Gasteiger partial charge is 0.497 e. The zero-order chi connectivity index (χ0) is 29.4. The molecule has 3 aromatic rings. The maximum Gasteiger partial charge on any atom is 0.407 e. The average Bonchev–Trinajstić information content (AvgIpc) is 3.24. The van der Waals surface area contributed by atoms with Crippen molar-refractivity contribution in [2.75, 3.05) is 39.3 Å². The van der Waals surface area contributed by atoms with Crippen LogP contribution in [0.2, 0.25) is 0 Å². The van der Waals surface area contributed by atoms with Crippen LogP contribution in [0.1, 0.15) is 37.3 Å². The van der Waals surface area contributed by atoms with Gasteiger partial charge in [0.15, 0.2) is 0 Å². The number of likely N-dealkylation sites (tertiary alicyclic amines) is 1. The lowest BCUT2D eigenvalue weighted by Crippen LogP contribution is -2.47. The Labute approximate surface area is 237 Å². The number of carbonyl (C=O) groups is 3. The fourth-order valence-corrected chi connectivity index (χ4v) is 5.98. The van der Waals surface area contributed by atoms with Crippen molar-refractivity contribution >= 4 is 34.6 Å². The van der Waals surface area contributed by atoms with Crippen LogP contribution in [0.4, 0.5) is 10.5 Å². The quantitative estimate of drug-likeness (QED) is 0.434. The van der Waals surface area contributed by atoms with E-state index in [1.54, 1.807) is 52.6 Å². The molecular formula is C29H35N5O7. The van der Waals surface area contributed by atoms with E-state index in [0.29, 0.717) is 48.5 Å². The van der Waals surface area contributed by atoms with E-state index in [1.165, 1.54) is 18.9 Å². The lowest BCUT2D eigenvalue weighted by atomic mass is 10.0. The van der Waals surface area contributed by atoms with Crippen molar-refractivity contribution in [1.82, 2.24) is 18.9 Å². The summed E-state index contributed by atoms with van der Waals surface area (Å²) in [7, 11) is 6.39. The van der Waals surface area contributed by atoms with Gasteiger partial charge in [-0.05, 0) is 49.1 Å². The molecular weight excluding hydrogens is 530 g/mol. The number of rotatable bonds is 7. The van der Waals surface area contributed by atoms with Gasteiger partial charge in [0.1, 0.15) is 23.2 Å². The molecule has 2 aromatic carbocycles. The van der Waals surface area contributed by atoms with E-state index in [9.17, 15) is 24.3 Å². The van der Waals surface area contributed by atoms with Crippen LogP contribution in [0.5, 0.6) is 11.5 Å². The maximum absolute atomic E-state index is 13.8. The maximum atomic E-state index is 13.8. The normalized spacial score (nSPS) is 18.2. The Balaban J connectivity index is 1.50. The molecule has 5 rings (SSSR count). The first-order valence-corrected chi connectivity index (χ1v) is 13.6. The second-order valence-corrected chi connectivity index (χ2v) is 10.5. The number of imide groups is 1. The molecule has 3 heterocycles. The van der Waals surface area contributed by atoms with Crippen molar-refractivity contribution in [3.63, 3.8) is 0 Å². The van der Waals surface area contributed by atoms with Gasteiger partial charge in [-0.25, -0.2) is 9.59 Å². The molecule has 1 atom stereocenters. The summed E-state index contributed by atoms with van der Waals surface area (Å²) >= 11 is 0. The van der Waals surface area contributed by atoms with Gasteiger partial charge in [0.25, 0.3) is 5.91 Å². The second-order valence-electron chi connectivity index (χ2n) is 10.5. The molecule has 1 unspecified atom stereocenters. The minimum Gasteiger partial charge on any atom is -0.497 e. The van der Waals surface area contributed by atoms with Crippen LogP contribution in [0, 0.1) is 0 Å². The summed E-state index contributed by atoms with van der Waals surface area (Å²) in [5.74, 6) is 0.574. The van der Waals surface area contributed by atoms with E-state index in [0.717, 1.165) is 11.3 Å². The summed E-state index contributed by atoms with van der Waals surface area (Å²) in [4.78, 5) is 56.5. The summed E-state index contributed by atoms with van der Waals surface area (Å²) in [6, 6.07) is 9.80. The van der Waals surface area contributed by atoms with Gasteiger partial charge in [-0.1, -0.05) is 12.1 Å². The third-order valence-corrected chi connectivity index (χ3v) is 8.33. The Hall–Kier alpha value is -4.48. The van der Waals surface area contributed by atoms with Gasteiger partial charge >= 0.3 is 11.8 Å². The van der Waals surface area contributed by atoms with Gasteiger partial charge in [0.2, 0.25) is 5.91 Å². The molecule has 0 aliphatic carbocycles. The number of hydrogen-bond donors (Lipinski definition) is 1. The van der Waals surface area contributed by atoms with Crippen molar-refractivity contribution in [2.24, 2.45) is 7.05 Å². The molecule has 3 amide bonds. The molecule has 0 radical (unpaired) electrons. The number of anilines is 1. The highest BCUT2D eigenvalue weighted by Crippen LogP contribution is 2.39. The molecule has 41 heavy (non-hydrogen) atoms. The van der Waals surface area contributed by atoms with E-state index < -0.39 is 18.0 Å². The first-order chi connectivity index (χ1) is 19.7. The number of piperidine rings is 2. The number of aromatic nitrogens is 2. The molecule has 0 spiro atoms. The number of hydrogen-bond acceptors (Lipinski definition) is 7. The fraction of sp³-hybridized carbons (Fsp3) is 0.448. The van der Waals surface area contributed by atoms with E-state index in [-0.39, 0.29) is 37.0 Å². The number of methoxy groups -OCH3 is 2. The minimum absolute atomic E-state index is 0.101. The molecule has 1 N–H and O–H groups in total. The van der Waals surface area contributed by atoms with E-state index in [4.69, 9.17) is 9.47 Å². The standard InChI is InChI=1S/C29H35N5O7/c1-30(29(38)39)19-13-15-32(16-14-19)26-23(41-4)11-9-21-25(26)31(2)28(37)34(21)22-10-12-24(35)33(27(22)36)17-18-5-7-20(40-3)8-6-18/h5-9,11,19,22H,10,12-17H2,1-4H3,(H,38,39). The van der Waals surface area contributed by atoms with Crippen LogP contribution < -0.4 is 20.1 Å². The van der Waals surface area contributed by atoms with Gasteiger partial charge in [0.05, 0.1) is 31.8 Å². The predicted molar refractivity (Wildman–Crippen MR) is 152 cm³/mol. The lowest BCUT2D eigenvalue weighted by molar-refractivity contribution is -0.151. The molecule has 218 valence electrons. The number of carboxylic acid groups (broad SMARTS) is 1. The highest BCUT2D eigenvalue weighted by Gasteiger charge is 2.38. The number of fused-ring (bicyclic) bond motifs is 1. The molecule has 1 aromatic heterocycles. The number of nitrogens with zero attached hydrogens (tertiary/aromatic N) is 5. The van der Waals surface area contributed by atoms with Crippen molar-refractivity contribution in [1.29, 1.82) is 0 Å². The minimum atomic E-state index is -0.959. The summed E-state index contributed by atoms with van der Waals surface area (Å²) in [5, 5.41) is 9.39. The number of amides is 3. The van der Waals surface area contributed by atoms with Crippen molar-refractivity contribution in [3.8, 4) is 11.5 Å². The Bertz CT molecular complexity index is 1540. The number of imidazole rings is 1. The Morgan fingerprint density at radius 2 is 1.68 bits per heavy atom. The van der Waals surface area contributed by atoms with Crippen LogP contribution in [-0.4, -0.2) is 82.3 Å². The third kappa shape index (κ3) is 4.98. The SMILES string of the molecule is COc1ccc(CN2C(=O)CCC(n3c(=O)n(C)c4c(N5CCC(N(C)C(=O)O)CC5)c(OC)ccc43)C2=O)cc1. The molecule has 0 saturated carbocycles. The van der Waals surface area contributed by atoms with Crippen LogP contribution >= 0.6 is 0 Å². The topological polar surface area (TPSA) is 127 Å². The molecule has 2 aliphatic heterocycles. The number of aryl methyl sites for hydroxylation is 1. The Morgan fingerprint density at radius 3 is 2.29 bits per heavy atom. The van der Waals surface area contributed by atoms with Crippen LogP contribution in [0.3, 0.4) is 0 Å². The number of carbonyl (C=O) groups excluding carboxylic acids is 2. The highest BCUT2D eigenvalue weighted by atomic mass is 16.5. The first-order valence-electron chi connectivity index (χ1n) is 13.6. The summed E-state index contributed by atoms with van der Waals surface area (Å²) < 4.78 is 13.9. The zero-order valence-corrected chi connectivity index (χ0v) is 23.7. The van der Waals surface area contributed by atoms with Crippen LogP contribution in [-0.2, 0) is 23.2 Å². The van der Waals surface area contributed by atoms with Crippen LogP contribution in [0.15, 0.2) is 41.2 Å². The summed E-state index contributed by atoms with van der Waals surface area (Å²) in [5.41, 5.74) is 2.37. The van der Waals surface area contributed by atoms with Gasteiger partial charge in [-0.15, -0.1) is 0 Å². The fourth-order valence-electron chi connectivity index (χ4n) is 5.98. The molecule has 2 fully saturated rings. The number of ether oxygens (including phenoxy) is 2. The summed E-state index contributed by atoms with van der Waals surface area (Å²) in [6.07, 6.45) is 0.660. The average molecular weight is 566 g/mol. The van der Waals surface area contributed by atoms with Gasteiger partial charge in [-0.2, -0.15) is 0 Å². The van der Waals surface area contributed by atoms with Crippen molar-refractivity contribution < 1.29 is 29.0 Å². The van der Waals surface area contributed by atoms with Crippen molar-refractivity contribution in [2.45, 2.75) is 44.3 Å². The van der Waals surface area contributed by atoms with E-state index in [2.05, 4.69) is 4.90 Å². The Kier molecular flexibility index (Phi) is 7.65. The number of benzene rings is 2. The lowest BCUT2D eigenvalue weighted by Gasteiger charge is -2.37. The smallest absolute Gasteiger partial charge is 0.407 e. The molecule has 12 heteroatoms. The molecule has 2 aliphatic rings.